The molecule has 0 aromatic heterocycles. The molecule has 0 amide bonds. The first-order chi connectivity index (χ1) is 9.66. The maximum atomic E-state index is 6.04. The van der Waals surface area contributed by atoms with Crippen LogP contribution in [-0.2, 0) is 0 Å². The van der Waals surface area contributed by atoms with Crippen LogP contribution >= 0.6 is 35.4 Å². The lowest BCUT2D eigenvalue weighted by Gasteiger charge is -2.03. The molecule has 0 fully saturated rings. The predicted molar refractivity (Wildman–Crippen MR) is 88.4 cm³/mol. The van der Waals surface area contributed by atoms with E-state index in [2.05, 4.69) is 15.8 Å². The average Bonchev–Trinajstić information content (AvgIpc) is 2.43. The summed E-state index contributed by atoms with van der Waals surface area (Å²) in [7, 11) is 0. The maximum Gasteiger partial charge on any atom is 0.228 e. The van der Waals surface area contributed by atoms with Crippen LogP contribution in [0.4, 0.5) is 5.69 Å². The van der Waals surface area contributed by atoms with Gasteiger partial charge in [-0.25, -0.2) is 0 Å². The second-order valence-electron chi connectivity index (χ2n) is 3.87. The molecule has 3 nitrogen and oxygen atoms in total. The Balaban J connectivity index is 1.95. The Morgan fingerprint density at radius 1 is 1.00 bits per heavy atom. The van der Waals surface area contributed by atoms with Gasteiger partial charge in [-0.1, -0.05) is 47.5 Å². The molecular weight excluding hydrogens is 313 g/mol. The Kier molecular flexibility index (Phi) is 5.35. The van der Waals surface area contributed by atoms with E-state index in [1.807, 2.05) is 30.3 Å². The monoisotopic (exact) mass is 324 g/mol. The number of halogens is 2. The minimum Gasteiger partial charge on any atom is -0.328 e. The van der Waals surface area contributed by atoms with Gasteiger partial charge in [-0.2, -0.15) is 0 Å². The normalized spacial score (nSPS) is 10.5. The summed E-state index contributed by atoms with van der Waals surface area (Å²) in [4.78, 5) is 0. The molecule has 0 aliphatic rings. The number of benzene rings is 2. The lowest BCUT2D eigenvalue weighted by Crippen LogP contribution is -2.82. The van der Waals surface area contributed by atoms with E-state index in [1.54, 1.807) is 24.4 Å². The number of para-hydroxylation sites is 1. The molecule has 0 spiro atoms. The van der Waals surface area contributed by atoms with Crippen LogP contribution < -0.4 is 15.8 Å². The van der Waals surface area contributed by atoms with Crippen molar-refractivity contribution < 1.29 is 5.10 Å². The molecule has 2 aromatic rings. The molecule has 2 rings (SSSR count). The fourth-order valence-electron chi connectivity index (χ4n) is 1.51. The van der Waals surface area contributed by atoms with E-state index in [0.717, 1.165) is 5.69 Å². The van der Waals surface area contributed by atoms with Gasteiger partial charge in [-0.3, -0.25) is 0 Å². The average molecular weight is 325 g/mol. The SMILES string of the molecule is S=C(N[NH+]=Cc1c(Cl)cccc1Cl)Nc1ccccc1. The summed E-state index contributed by atoms with van der Waals surface area (Å²) in [6.45, 7) is 0. The Bertz CT molecular complexity index is 609. The van der Waals surface area contributed by atoms with Crippen molar-refractivity contribution in [3.05, 3.63) is 64.1 Å². The summed E-state index contributed by atoms with van der Waals surface area (Å²) in [5, 5.41) is 7.45. The Hall–Kier alpha value is -1.62. The number of thiocarbonyl (C=S) groups is 1. The van der Waals surface area contributed by atoms with Crippen molar-refractivity contribution in [2.45, 2.75) is 0 Å². The summed E-state index contributed by atoms with van der Waals surface area (Å²) >= 11 is 17.2. The summed E-state index contributed by atoms with van der Waals surface area (Å²) in [6.07, 6.45) is 1.66. The number of hydrogen-bond acceptors (Lipinski definition) is 1. The van der Waals surface area contributed by atoms with Gasteiger partial charge in [0, 0.05) is 5.69 Å². The number of anilines is 1. The summed E-state index contributed by atoms with van der Waals surface area (Å²) in [5.41, 5.74) is 4.44. The third-order valence-corrected chi connectivity index (χ3v) is 3.30. The molecule has 102 valence electrons. The van der Waals surface area contributed by atoms with Gasteiger partial charge in [0.25, 0.3) is 0 Å². The lowest BCUT2D eigenvalue weighted by molar-refractivity contribution is -0.499. The van der Waals surface area contributed by atoms with E-state index in [0.29, 0.717) is 20.7 Å². The molecule has 0 heterocycles. The highest BCUT2D eigenvalue weighted by molar-refractivity contribution is 7.80. The van der Waals surface area contributed by atoms with Gasteiger partial charge in [0.15, 0.2) is 0 Å². The second kappa shape index (κ2) is 7.24. The zero-order valence-corrected chi connectivity index (χ0v) is 12.7. The maximum absolute atomic E-state index is 6.04. The first kappa shape index (κ1) is 14.8. The number of rotatable bonds is 3. The highest BCUT2D eigenvalue weighted by atomic mass is 35.5. The van der Waals surface area contributed by atoms with Crippen molar-refractivity contribution in [2.24, 2.45) is 0 Å². The quantitative estimate of drug-likeness (QED) is 0.461. The van der Waals surface area contributed by atoms with Gasteiger partial charge in [0.2, 0.25) is 11.3 Å². The molecule has 0 saturated carbocycles. The Labute approximate surface area is 132 Å². The third kappa shape index (κ3) is 4.20. The Morgan fingerprint density at radius 3 is 2.30 bits per heavy atom. The number of hydrazone groups is 1. The van der Waals surface area contributed by atoms with Crippen LogP contribution in [0.15, 0.2) is 48.5 Å². The fourth-order valence-corrected chi connectivity index (χ4v) is 2.19. The highest BCUT2D eigenvalue weighted by Gasteiger charge is 2.05. The second-order valence-corrected chi connectivity index (χ2v) is 5.09. The van der Waals surface area contributed by atoms with E-state index < -0.39 is 0 Å². The fraction of sp³-hybridized carbons (Fsp3) is 0. The van der Waals surface area contributed by atoms with Crippen molar-refractivity contribution >= 4 is 52.4 Å². The van der Waals surface area contributed by atoms with Gasteiger partial charge in [-0.05, 0) is 36.5 Å². The lowest BCUT2D eigenvalue weighted by atomic mass is 10.2. The molecular formula is C14H12Cl2N3S+. The molecule has 0 bridgehead atoms. The minimum absolute atomic E-state index is 0.440. The van der Waals surface area contributed by atoms with Gasteiger partial charge in [0.1, 0.15) is 0 Å². The number of nitrogens with one attached hydrogen (secondary N) is 3. The first-order valence-corrected chi connectivity index (χ1v) is 6.98. The van der Waals surface area contributed by atoms with Crippen LogP contribution in [0, 0.1) is 0 Å². The molecule has 0 radical (unpaired) electrons. The topological polar surface area (TPSA) is 38.0 Å². The molecule has 20 heavy (non-hydrogen) atoms. The van der Waals surface area contributed by atoms with Crippen molar-refractivity contribution in [3.8, 4) is 0 Å². The predicted octanol–water partition coefficient (Wildman–Crippen LogP) is 2.39. The van der Waals surface area contributed by atoms with E-state index in [-0.39, 0.29) is 0 Å². The van der Waals surface area contributed by atoms with Crippen molar-refractivity contribution in [1.82, 2.24) is 5.43 Å². The Morgan fingerprint density at radius 2 is 1.65 bits per heavy atom. The van der Waals surface area contributed by atoms with Crippen molar-refractivity contribution in [1.29, 1.82) is 0 Å². The zero-order valence-electron chi connectivity index (χ0n) is 10.4. The van der Waals surface area contributed by atoms with E-state index in [9.17, 15) is 0 Å². The van der Waals surface area contributed by atoms with Crippen LogP contribution in [0.2, 0.25) is 10.0 Å². The largest absolute Gasteiger partial charge is 0.328 e. The van der Waals surface area contributed by atoms with Crippen molar-refractivity contribution in [2.75, 3.05) is 5.32 Å². The summed E-state index contributed by atoms with van der Waals surface area (Å²) in [5.74, 6) is 0. The summed E-state index contributed by atoms with van der Waals surface area (Å²) in [6, 6.07) is 14.9. The van der Waals surface area contributed by atoms with Gasteiger partial charge < -0.3 is 5.32 Å². The third-order valence-electron chi connectivity index (χ3n) is 2.43. The van der Waals surface area contributed by atoms with E-state index in [1.165, 1.54) is 0 Å². The molecule has 0 aliphatic heterocycles. The standard InChI is InChI=1S/C14H11Cl2N3S/c15-12-7-4-8-13(16)11(12)9-17-19-14(20)18-10-5-2-1-3-6-10/h1-9H,(H2,18,19,20)/p+1. The van der Waals surface area contributed by atoms with Crippen LogP contribution in [0.3, 0.4) is 0 Å². The van der Waals surface area contributed by atoms with Crippen molar-refractivity contribution in [3.63, 3.8) is 0 Å². The highest BCUT2D eigenvalue weighted by Crippen LogP contribution is 2.21. The van der Waals surface area contributed by atoms with Gasteiger partial charge in [0.05, 0.1) is 15.6 Å². The molecule has 3 N–H and O–H groups in total. The smallest absolute Gasteiger partial charge is 0.228 e. The number of hydrazine groups is 1. The molecule has 2 aromatic carbocycles. The zero-order chi connectivity index (χ0) is 14.4. The molecule has 6 heteroatoms. The van der Waals surface area contributed by atoms with Gasteiger partial charge in [-0.15, -0.1) is 10.5 Å². The molecule has 0 unspecified atom stereocenters. The van der Waals surface area contributed by atoms with E-state index in [4.69, 9.17) is 35.4 Å². The molecule has 0 atom stereocenters. The van der Waals surface area contributed by atoms with Crippen LogP contribution in [0.25, 0.3) is 0 Å². The van der Waals surface area contributed by atoms with Gasteiger partial charge >= 0.3 is 0 Å². The molecule has 0 saturated heterocycles. The summed E-state index contributed by atoms with van der Waals surface area (Å²) < 4.78 is 0. The number of hydrogen-bond donors (Lipinski definition) is 3. The van der Waals surface area contributed by atoms with Crippen LogP contribution in [-0.4, -0.2) is 11.3 Å². The van der Waals surface area contributed by atoms with Crippen LogP contribution in [0.1, 0.15) is 5.56 Å². The minimum atomic E-state index is 0.440. The van der Waals surface area contributed by atoms with Crippen LogP contribution in [0.5, 0.6) is 0 Å². The van der Waals surface area contributed by atoms with E-state index >= 15 is 0 Å². The molecule has 0 aliphatic carbocycles. The first-order valence-electron chi connectivity index (χ1n) is 5.81.